The maximum atomic E-state index is 12.3. The van der Waals surface area contributed by atoms with Gasteiger partial charge in [-0.3, -0.25) is 4.79 Å². The fourth-order valence-corrected chi connectivity index (χ4v) is 2.73. The minimum atomic E-state index is 0.00945. The summed E-state index contributed by atoms with van der Waals surface area (Å²) in [6.45, 7) is 4.24. The normalized spacial score (nSPS) is 18.1. The van der Waals surface area contributed by atoms with E-state index in [9.17, 15) is 4.79 Å². The standard InChI is InChI=1S/C16H24N2O2/c1-13(18-11-5-3-4-6-12-18)16(19)17-14-7-9-15(20-2)10-8-14/h7-10,13H,3-6,11-12H2,1-2H3,(H,17,19)/p+1/t13-/m0/s1. The lowest BCUT2D eigenvalue weighted by Gasteiger charge is -2.23. The van der Waals surface area contributed by atoms with Crippen LogP contribution in [-0.2, 0) is 4.79 Å². The molecule has 20 heavy (non-hydrogen) atoms. The van der Waals surface area contributed by atoms with E-state index in [4.69, 9.17) is 4.74 Å². The largest absolute Gasteiger partial charge is 0.497 e. The average molecular weight is 277 g/mol. The molecule has 4 nitrogen and oxygen atoms in total. The Kier molecular flexibility index (Phi) is 5.41. The first kappa shape index (κ1) is 14.9. The van der Waals surface area contributed by atoms with Crippen molar-refractivity contribution in [3.8, 4) is 5.75 Å². The molecular formula is C16H25N2O2+. The summed E-state index contributed by atoms with van der Waals surface area (Å²) in [5.41, 5.74) is 0.830. The van der Waals surface area contributed by atoms with Gasteiger partial charge in [0, 0.05) is 5.69 Å². The van der Waals surface area contributed by atoms with Gasteiger partial charge in [-0.25, -0.2) is 0 Å². The van der Waals surface area contributed by atoms with E-state index in [1.165, 1.54) is 30.6 Å². The van der Waals surface area contributed by atoms with Gasteiger partial charge in [0.15, 0.2) is 6.04 Å². The fourth-order valence-electron chi connectivity index (χ4n) is 2.73. The van der Waals surface area contributed by atoms with Gasteiger partial charge in [-0.05, 0) is 56.9 Å². The quantitative estimate of drug-likeness (QED) is 0.875. The Balaban J connectivity index is 1.92. The smallest absolute Gasteiger partial charge is 0.282 e. The molecule has 1 aliphatic heterocycles. The number of anilines is 1. The van der Waals surface area contributed by atoms with Crippen LogP contribution in [-0.4, -0.2) is 32.1 Å². The van der Waals surface area contributed by atoms with E-state index in [0.29, 0.717) is 0 Å². The van der Waals surface area contributed by atoms with Gasteiger partial charge in [0.1, 0.15) is 5.75 Å². The van der Waals surface area contributed by atoms with Crippen molar-refractivity contribution in [3.05, 3.63) is 24.3 Å². The van der Waals surface area contributed by atoms with Crippen LogP contribution in [0.25, 0.3) is 0 Å². The first-order chi connectivity index (χ1) is 9.70. The second-order valence-electron chi connectivity index (χ2n) is 5.51. The number of methoxy groups -OCH3 is 1. The lowest BCUT2D eigenvalue weighted by atomic mass is 10.2. The van der Waals surface area contributed by atoms with Gasteiger partial charge in [-0.1, -0.05) is 0 Å². The summed E-state index contributed by atoms with van der Waals surface area (Å²) in [7, 11) is 1.64. The molecule has 1 aromatic rings. The van der Waals surface area contributed by atoms with Crippen molar-refractivity contribution >= 4 is 11.6 Å². The van der Waals surface area contributed by atoms with Crippen molar-refractivity contribution in [2.75, 3.05) is 25.5 Å². The molecule has 1 heterocycles. The molecular weight excluding hydrogens is 252 g/mol. The summed E-state index contributed by atoms with van der Waals surface area (Å²) in [5, 5.41) is 3.00. The molecule has 1 fully saturated rings. The zero-order chi connectivity index (χ0) is 14.4. The third kappa shape index (κ3) is 3.97. The maximum Gasteiger partial charge on any atom is 0.282 e. The Morgan fingerprint density at radius 3 is 2.30 bits per heavy atom. The number of quaternary nitrogens is 1. The van der Waals surface area contributed by atoms with Crippen LogP contribution in [0.15, 0.2) is 24.3 Å². The van der Waals surface area contributed by atoms with Crippen LogP contribution in [0.1, 0.15) is 32.6 Å². The molecule has 1 aliphatic rings. The minimum Gasteiger partial charge on any atom is -0.497 e. The summed E-state index contributed by atoms with van der Waals surface area (Å²) < 4.78 is 5.11. The second-order valence-corrected chi connectivity index (χ2v) is 5.51. The molecule has 1 aromatic carbocycles. The molecule has 4 heteroatoms. The number of rotatable bonds is 4. The Labute approximate surface area is 121 Å². The molecule has 2 rings (SSSR count). The fraction of sp³-hybridized carbons (Fsp3) is 0.562. The Morgan fingerprint density at radius 1 is 1.15 bits per heavy atom. The Hall–Kier alpha value is -1.55. The summed E-state index contributed by atoms with van der Waals surface area (Å²) >= 11 is 0. The highest BCUT2D eigenvalue weighted by molar-refractivity contribution is 5.93. The van der Waals surface area contributed by atoms with E-state index in [0.717, 1.165) is 24.5 Å². The average Bonchev–Trinajstić information content (AvgIpc) is 2.76. The van der Waals surface area contributed by atoms with Gasteiger partial charge in [0.05, 0.1) is 20.2 Å². The van der Waals surface area contributed by atoms with E-state index in [2.05, 4.69) is 5.32 Å². The van der Waals surface area contributed by atoms with Crippen molar-refractivity contribution in [3.63, 3.8) is 0 Å². The summed E-state index contributed by atoms with van der Waals surface area (Å²) in [6.07, 6.45) is 5.07. The van der Waals surface area contributed by atoms with Gasteiger partial charge in [-0.2, -0.15) is 0 Å². The number of hydrogen-bond acceptors (Lipinski definition) is 2. The van der Waals surface area contributed by atoms with Crippen molar-refractivity contribution in [2.24, 2.45) is 0 Å². The third-order valence-corrected chi connectivity index (χ3v) is 4.11. The molecule has 0 bridgehead atoms. The van der Waals surface area contributed by atoms with Gasteiger partial charge in [0.2, 0.25) is 0 Å². The molecule has 0 aliphatic carbocycles. The molecule has 0 aromatic heterocycles. The second kappa shape index (κ2) is 7.29. The third-order valence-electron chi connectivity index (χ3n) is 4.11. The number of nitrogens with one attached hydrogen (secondary N) is 2. The topological polar surface area (TPSA) is 42.8 Å². The first-order valence-electron chi connectivity index (χ1n) is 7.50. The van der Waals surface area contributed by atoms with Crippen molar-refractivity contribution in [1.82, 2.24) is 0 Å². The number of carbonyl (C=O) groups is 1. The SMILES string of the molecule is COc1ccc(NC(=O)[C@H](C)[NH+]2CCCCCC2)cc1. The predicted molar refractivity (Wildman–Crippen MR) is 80.3 cm³/mol. The molecule has 0 unspecified atom stereocenters. The summed E-state index contributed by atoms with van der Waals surface area (Å²) in [5.74, 6) is 0.904. The van der Waals surface area contributed by atoms with Gasteiger partial charge in [-0.15, -0.1) is 0 Å². The number of carbonyl (C=O) groups excluding carboxylic acids is 1. The molecule has 110 valence electrons. The van der Waals surface area contributed by atoms with Crippen LogP contribution < -0.4 is 15.0 Å². The van der Waals surface area contributed by atoms with E-state index in [1.807, 2.05) is 31.2 Å². The minimum absolute atomic E-state index is 0.00945. The Bertz CT molecular complexity index is 423. The van der Waals surface area contributed by atoms with E-state index in [1.54, 1.807) is 7.11 Å². The summed E-state index contributed by atoms with van der Waals surface area (Å²) in [4.78, 5) is 13.7. The van der Waals surface area contributed by atoms with Gasteiger partial charge < -0.3 is 15.0 Å². The molecule has 2 N–H and O–H groups in total. The zero-order valence-corrected chi connectivity index (χ0v) is 12.4. The predicted octanol–water partition coefficient (Wildman–Crippen LogP) is 1.48. The van der Waals surface area contributed by atoms with E-state index < -0.39 is 0 Å². The van der Waals surface area contributed by atoms with Crippen molar-refractivity contribution in [2.45, 2.75) is 38.6 Å². The van der Waals surface area contributed by atoms with Crippen LogP contribution in [0, 0.1) is 0 Å². The number of amides is 1. The number of hydrogen-bond donors (Lipinski definition) is 2. The lowest BCUT2D eigenvalue weighted by molar-refractivity contribution is -0.913. The molecule has 0 saturated carbocycles. The summed E-state index contributed by atoms with van der Waals surface area (Å²) in [6, 6.07) is 7.48. The lowest BCUT2D eigenvalue weighted by Crippen LogP contribution is -3.16. The highest BCUT2D eigenvalue weighted by Gasteiger charge is 2.25. The molecule has 0 radical (unpaired) electrons. The molecule has 0 spiro atoms. The van der Waals surface area contributed by atoms with Crippen LogP contribution in [0.5, 0.6) is 5.75 Å². The van der Waals surface area contributed by atoms with E-state index in [-0.39, 0.29) is 11.9 Å². The number of benzene rings is 1. The monoisotopic (exact) mass is 277 g/mol. The van der Waals surface area contributed by atoms with Crippen molar-refractivity contribution < 1.29 is 14.4 Å². The molecule has 1 amide bonds. The molecule has 1 saturated heterocycles. The maximum absolute atomic E-state index is 12.3. The van der Waals surface area contributed by atoms with Gasteiger partial charge in [0.25, 0.3) is 5.91 Å². The Morgan fingerprint density at radius 2 is 1.75 bits per heavy atom. The van der Waals surface area contributed by atoms with Crippen LogP contribution >= 0.6 is 0 Å². The number of likely N-dealkylation sites (tertiary alicyclic amines) is 1. The van der Waals surface area contributed by atoms with Gasteiger partial charge >= 0.3 is 0 Å². The zero-order valence-electron chi connectivity index (χ0n) is 12.4. The van der Waals surface area contributed by atoms with Crippen LogP contribution in [0.2, 0.25) is 0 Å². The number of ether oxygens (including phenoxy) is 1. The van der Waals surface area contributed by atoms with E-state index >= 15 is 0 Å². The highest BCUT2D eigenvalue weighted by atomic mass is 16.5. The van der Waals surface area contributed by atoms with Crippen molar-refractivity contribution in [1.29, 1.82) is 0 Å². The van der Waals surface area contributed by atoms with Crippen LogP contribution in [0.4, 0.5) is 5.69 Å². The highest BCUT2D eigenvalue weighted by Crippen LogP contribution is 2.15. The van der Waals surface area contributed by atoms with Crippen LogP contribution in [0.3, 0.4) is 0 Å². The molecule has 1 atom stereocenters. The first-order valence-corrected chi connectivity index (χ1v) is 7.50.